The molecular weight excluding hydrogens is 216 g/mol. The van der Waals surface area contributed by atoms with Gasteiger partial charge in [0.1, 0.15) is 0 Å². The predicted octanol–water partition coefficient (Wildman–Crippen LogP) is 0.766. The molecule has 0 spiro atoms. The average molecular weight is 238 g/mol. The summed E-state index contributed by atoms with van der Waals surface area (Å²) in [6.07, 6.45) is 5.47. The molecule has 3 aliphatic rings. The van der Waals surface area contributed by atoms with Crippen LogP contribution in [0, 0.1) is 5.92 Å². The maximum atomic E-state index is 12.1. The van der Waals surface area contributed by atoms with Crippen molar-refractivity contribution < 1.29 is 9.53 Å². The molecule has 3 aliphatic heterocycles. The van der Waals surface area contributed by atoms with Gasteiger partial charge in [-0.2, -0.15) is 0 Å². The molecule has 3 atom stereocenters. The topological polar surface area (TPSA) is 41.6 Å². The van der Waals surface area contributed by atoms with Crippen molar-refractivity contribution in [2.24, 2.45) is 5.92 Å². The van der Waals surface area contributed by atoms with Crippen molar-refractivity contribution in [1.29, 1.82) is 0 Å². The molecule has 0 aromatic carbocycles. The average Bonchev–Trinajstić information content (AvgIpc) is 3.01. The molecule has 1 unspecified atom stereocenters. The number of amides is 1. The molecule has 4 nitrogen and oxygen atoms in total. The highest BCUT2D eigenvalue weighted by Gasteiger charge is 2.37. The molecule has 0 aliphatic carbocycles. The molecule has 0 radical (unpaired) electrons. The first-order valence-corrected chi connectivity index (χ1v) is 6.95. The van der Waals surface area contributed by atoms with Gasteiger partial charge < -0.3 is 15.0 Å². The van der Waals surface area contributed by atoms with Crippen LogP contribution in [0.5, 0.6) is 0 Å². The maximum absolute atomic E-state index is 12.1. The van der Waals surface area contributed by atoms with Crippen LogP contribution in [0.3, 0.4) is 0 Å². The number of likely N-dealkylation sites (tertiary alicyclic amines) is 1. The van der Waals surface area contributed by atoms with Crippen LogP contribution in [-0.2, 0) is 9.53 Å². The Bertz CT molecular complexity index is 277. The van der Waals surface area contributed by atoms with Crippen LogP contribution < -0.4 is 5.32 Å². The Balaban J connectivity index is 1.43. The number of nitrogens with one attached hydrogen (secondary N) is 1. The lowest BCUT2D eigenvalue weighted by molar-refractivity contribution is -0.131. The fourth-order valence-corrected chi connectivity index (χ4v) is 3.37. The predicted molar refractivity (Wildman–Crippen MR) is 64.7 cm³/mol. The first-order valence-electron chi connectivity index (χ1n) is 6.95. The van der Waals surface area contributed by atoms with Gasteiger partial charge in [0.25, 0.3) is 0 Å². The fraction of sp³-hybridized carbons (Fsp3) is 0.923. The Hall–Kier alpha value is -0.610. The van der Waals surface area contributed by atoms with E-state index in [1.54, 1.807) is 0 Å². The largest absolute Gasteiger partial charge is 0.378 e. The Morgan fingerprint density at radius 1 is 1.35 bits per heavy atom. The van der Waals surface area contributed by atoms with Crippen LogP contribution >= 0.6 is 0 Å². The van der Waals surface area contributed by atoms with Crippen molar-refractivity contribution in [3.8, 4) is 0 Å². The van der Waals surface area contributed by atoms with Gasteiger partial charge in [-0.15, -0.1) is 0 Å². The number of carbonyl (C=O) groups is 1. The lowest BCUT2D eigenvalue weighted by Crippen LogP contribution is -2.34. The van der Waals surface area contributed by atoms with Gasteiger partial charge in [-0.1, -0.05) is 0 Å². The first kappa shape index (κ1) is 11.5. The van der Waals surface area contributed by atoms with E-state index in [-0.39, 0.29) is 0 Å². The quantitative estimate of drug-likeness (QED) is 0.789. The molecular formula is C13H22N2O2. The monoisotopic (exact) mass is 238 g/mol. The lowest BCUT2D eigenvalue weighted by Gasteiger charge is -2.18. The lowest BCUT2D eigenvalue weighted by atomic mass is 10.1. The van der Waals surface area contributed by atoms with Crippen LogP contribution in [-0.4, -0.2) is 49.2 Å². The van der Waals surface area contributed by atoms with Gasteiger partial charge in [0, 0.05) is 32.2 Å². The second-order valence-electron chi connectivity index (χ2n) is 5.58. The summed E-state index contributed by atoms with van der Waals surface area (Å²) in [6.45, 7) is 3.92. The van der Waals surface area contributed by atoms with Gasteiger partial charge in [-0.25, -0.2) is 0 Å². The molecule has 3 rings (SSSR count). The van der Waals surface area contributed by atoms with E-state index in [2.05, 4.69) is 10.2 Å². The summed E-state index contributed by atoms with van der Waals surface area (Å²) in [6, 6.07) is 0.571. The molecule has 3 saturated heterocycles. The first-order chi connectivity index (χ1) is 8.33. The van der Waals surface area contributed by atoms with Crippen molar-refractivity contribution in [1.82, 2.24) is 10.2 Å². The Morgan fingerprint density at radius 2 is 2.29 bits per heavy atom. The van der Waals surface area contributed by atoms with E-state index < -0.39 is 0 Å². The van der Waals surface area contributed by atoms with Crippen molar-refractivity contribution in [3.63, 3.8) is 0 Å². The molecule has 3 fully saturated rings. The second-order valence-corrected chi connectivity index (χ2v) is 5.58. The minimum absolute atomic E-state index is 0.330. The van der Waals surface area contributed by atoms with Crippen molar-refractivity contribution in [2.45, 2.75) is 44.2 Å². The minimum Gasteiger partial charge on any atom is -0.378 e. The minimum atomic E-state index is 0.330. The van der Waals surface area contributed by atoms with Gasteiger partial charge >= 0.3 is 0 Å². The smallest absolute Gasteiger partial charge is 0.222 e. The van der Waals surface area contributed by atoms with Crippen LogP contribution in [0.25, 0.3) is 0 Å². The molecule has 96 valence electrons. The number of ether oxygens (including phenoxy) is 1. The van der Waals surface area contributed by atoms with Gasteiger partial charge in [0.2, 0.25) is 5.91 Å². The number of rotatable bonds is 3. The highest BCUT2D eigenvalue weighted by atomic mass is 16.5. The summed E-state index contributed by atoms with van der Waals surface area (Å²) in [7, 11) is 0. The molecule has 1 N–H and O–H groups in total. The maximum Gasteiger partial charge on any atom is 0.222 e. The van der Waals surface area contributed by atoms with Crippen molar-refractivity contribution >= 4 is 5.91 Å². The summed E-state index contributed by atoms with van der Waals surface area (Å²) in [5.41, 5.74) is 0. The second kappa shape index (κ2) is 4.94. The molecule has 0 aromatic heterocycles. The van der Waals surface area contributed by atoms with Crippen molar-refractivity contribution in [3.05, 3.63) is 0 Å². The van der Waals surface area contributed by atoms with Crippen LogP contribution in [0.2, 0.25) is 0 Å². The van der Waals surface area contributed by atoms with E-state index in [0.717, 1.165) is 45.5 Å². The number of hydrogen-bond donors (Lipinski definition) is 1. The van der Waals surface area contributed by atoms with Crippen LogP contribution in [0.1, 0.15) is 32.1 Å². The summed E-state index contributed by atoms with van der Waals surface area (Å²) in [5.74, 6) is 1.04. The van der Waals surface area contributed by atoms with Crippen LogP contribution in [0.15, 0.2) is 0 Å². The number of fused-ring (bicyclic) bond motifs is 1. The summed E-state index contributed by atoms with van der Waals surface area (Å²) < 4.78 is 5.56. The molecule has 0 aromatic rings. The third-order valence-electron chi connectivity index (χ3n) is 4.42. The zero-order valence-electron chi connectivity index (χ0n) is 10.4. The van der Waals surface area contributed by atoms with Crippen molar-refractivity contribution in [2.75, 3.05) is 26.2 Å². The van der Waals surface area contributed by atoms with E-state index in [0.29, 0.717) is 30.4 Å². The van der Waals surface area contributed by atoms with Gasteiger partial charge in [-0.3, -0.25) is 4.79 Å². The summed E-state index contributed by atoms with van der Waals surface area (Å²) >= 11 is 0. The number of nitrogens with zero attached hydrogens (tertiary/aromatic N) is 1. The summed E-state index contributed by atoms with van der Waals surface area (Å²) in [5, 5.41) is 3.48. The van der Waals surface area contributed by atoms with Gasteiger partial charge in [0.15, 0.2) is 0 Å². The summed E-state index contributed by atoms with van der Waals surface area (Å²) in [4.78, 5) is 14.1. The zero-order valence-corrected chi connectivity index (χ0v) is 10.4. The molecule has 4 heteroatoms. The Kier molecular flexibility index (Phi) is 3.34. The molecule has 3 heterocycles. The number of carbonyl (C=O) groups excluding carboxylic acids is 1. The third-order valence-corrected chi connectivity index (χ3v) is 4.42. The zero-order chi connectivity index (χ0) is 11.7. The van der Waals surface area contributed by atoms with E-state index in [9.17, 15) is 4.79 Å². The highest BCUT2D eigenvalue weighted by Crippen LogP contribution is 2.25. The SMILES string of the molecule is O=C(CCC1CCCO1)N1C[C@H]2CCN[C@H]2C1. The van der Waals surface area contributed by atoms with E-state index in [4.69, 9.17) is 4.74 Å². The molecule has 0 bridgehead atoms. The molecule has 0 saturated carbocycles. The number of hydrogen-bond acceptors (Lipinski definition) is 3. The fourth-order valence-electron chi connectivity index (χ4n) is 3.37. The van der Waals surface area contributed by atoms with E-state index in [1.165, 1.54) is 6.42 Å². The standard InChI is InChI=1S/C13H22N2O2/c16-13(4-3-11-2-1-7-17-11)15-8-10-5-6-14-12(10)9-15/h10-12,14H,1-9H2/t10-,11?,12+/m1/s1. The Morgan fingerprint density at radius 3 is 3.06 bits per heavy atom. The molecule has 1 amide bonds. The van der Waals surface area contributed by atoms with E-state index in [1.807, 2.05) is 0 Å². The Labute approximate surface area is 103 Å². The van der Waals surface area contributed by atoms with Gasteiger partial charge in [0.05, 0.1) is 6.10 Å². The van der Waals surface area contributed by atoms with Gasteiger partial charge in [-0.05, 0) is 38.1 Å². The molecule has 17 heavy (non-hydrogen) atoms. The van der Waals surface area contributed by atoms with Crippen LogP contribution in [0.4, 0.5) is 0 Å². The normalized spacial score (nSPS) is 36.5. The van der Waals surface area contributed by atoms with E-state index >= 15 is 0 Å². The highest BCUT2D eigenvalue weighted by molar-refractivity contribution is 5.76. The third kappa shape index (κ3) is 2.47.